The van der Waals surface area contributed by atoms with Gasteiger partial charge in [-0.2, -0.15) is 0 Å². The van der Waals surface area contributed by atoms with Crippen LogP contribution in [-0.2, 0) is 16.2 Å². The van der Waals surface area contributed by atoms with E-state index in [1.165, 1.54) is 77.9 Å². The molecule has 0 saturated heterocycles. The van der Waals surface area contributed by atoms with E-state index in [0.29, 0.717) is 11.3 Å². The maximum Gasteiger partial charge on any atom is 0.0727 e. The van der Waals surface area contributed by atoms with Crippen molar-refractivity contribution >= 4 is 34.1 Å². The summed E-state index contributed by atoms with van der Waals surface area (Å²) in [6.07, 6.45) is 0. The van der Waals surface area contributed by atoms with Crippen LogP contribution in [0.15, 0.2) is 255 Å². The quantitative estimate of drug-likeness (QED) is 0.157. The first-order valence-electron chi connectivity index (χ1n) is 28.6. The molecule has 1 spiro atoms. The summed E-state index contributed by atoms with van der Waals surface area (Å²) in [6.45, 7) is 9.26. The van der Waals surface area contributed by atoms with Crippen LogP contribution in [0, 0.1) is 0 Å². The number of benzene rings is 11. The summed E-state index contributed by atoms with van der Waals surface area (Å²) in [5.74, 6) is 0. The maximum absolute atomic E-state index is 9.31. The fraction of sp³-hybridized carbons (Fsp3) is 0.0959. The number of para-hydroxylation sites is 2. The molecule has 4 aliphatic carbocycles. The molecule has 0 bridgehead atoms. The number of hydrogen-bond donors (Lipinski definition) is 0. The lowest BCUT2D eigenvalue weighted by Gasteiger charge is -2.34. The Morgan fingerprint density at radius 2 is 0.627 bits per heavy atom. The molecule has 0 saturated carbocycles. The minimum absolute atomic E-state index is 0.154. The predicted molar refractivity (Wildman–Crippen MR) is 313 cm³/mol. The van der Waals surface area contributed by atoms with Gasteiger partial charge in [0.25, 0.3) is 0 Å². The van der Waals surface area contributed by atoms with E-state index in [1.54, 1.807) is 0 Å². The Kier molecular flexibility index (Phi) is 8.24. The van der Waals surface area contributed by atoms with E-state index in [1.807, 2.05) is 24.3 Å². The second kappa shape index (κ2) is 16.0. The van der Waals surface area contributed by atoms with Crippen LogP contribution >= 0.6 is 0 Å². The smallest absolute Gasteiger partial charge is 0.0727 e. The number of hydrogen-bond acceptors (Lipinski definition) is 2. The first kappa shape index (κ1) is 38.6. The molecule has 0 aliphatic heterocycles. The van der Waals surface area contributed by atoms with Gasteiger partial charge in [0.2, 0.25) is 0 Å². The molecule has 2 nitrogen and oxygen atoms in total. The van der Waals surface area contributed by atoms with E-state index in [-0.39, 0.29) is 40.6 Å². The molecule has 75 heavy (non-hydrogen) atoms. The molecule has 1 unspecified atom stereocenters. The van der Waals surface area contributed by atoms with Crippen molar-refractivity contribution in [3.8, 4) is 55.6 Å². The molecular weight excluding hydrogens is 905 g/mol. The second-order valence-electron chi connectivity index (χ2n) is 21.6. The summed E-state index contributed by atoms with van der Waals surface area (Å²) in [5.41, 5.74) is 24.6. The third-order valence-corrected chi connectivity index (χ3v) is 17.2. The van der Waals surface area contributed by atoms with Gasteiger partial charge in [0.15, 0.2) is 0 Å². The van der Waals surface area contributed by atoms with Crippen molar-refractivity contribution in [3.63, 3.8) is 0 Å². The summed E-state index contributed by atoms with van der Waals surface area (Å²) < 4.78 is 44.8. The molecule has 11 aromatic rings. The van der Waals surface area contributed by atoms with Gasteiger partial charge in [0.1, 0.15) is 0 Å². The highest BCUT2D eigenvalue weighted by Gasteiger charge is 2.52. The zero-order valence-corrected chi connectivity index (χ0v) is 42.3. The van der Waals surface area contributed by atoms with Gasteiger partial charge in [-0.15, -0.1) is 0 Å². The Hall–Kier alpha value is -8.98. The average molecular weight is 964 g/mol. The van der Waals surface area contributed by atoms with E-state index in [0.717, 1.165) is 39.6 Å². The highest BCUT2D eigenvalue weighted by Crippen LogP contribution is 2.64. The van der Waals surface area contributed by atoms with Crippen molar-refractivity contribution in [2.45, 2.75) is 43.9 Å². The van der Waals surface area contributed by atoms with Gasteiger partial charge in [0.05, 0.1) is 18.0 Å². The fourth-order valence-electron chi connectivity index (χ4n) is 13.8. The lowest BCUT2D eigenvalue weighted by molar-refractivity contribution is 0.660. The highest BCUT2D eigenvalue weighted by molar-refractivity contribution is 5.99. The van der Waals surface area contributed by atoms with Crippen LogP contribution in [0.2, 0.25) is 0 Å². The lowest BCUT2D eigenvalue weighted by Crippen LogP contribution is -2.26. The van der Waals surface area contributed by atoms with Gasteiger partial charge < -0.3 is 9.80 Å². The van der Waals surface area contributed by atoms with Crippen molar-refractivity contribution in [1.29, 1.82) is 0 Å². The van der Waals surface area contributed by atoms with E-state index >= 15 is 0 Å². The van der Waals surface area contributed by atoms with E-state index < -0.39 is 11.5 Å². The summed E-state index contributed by atoms with van der Waals surface area (Å²) >= 11 is 0. The Labute approximate surface area is 447 Å². The Morgan fingerprint density at radius 3 is 1.11 bits per heavy atom. The Bertz CT molecular complexity index is 4420. The molecule has 0 heterocycles. The fourth-order valence-corrected chi connectivity index (χ4v) is 13.8. The van der Waals surface area contributed by atoms with Gasteiger partial charge in [-0.3, -0.25) is 0 Å². The topological polar surface area (TPSA) is 6.48 Å². The lowest BCUT2D eigenvalue weighted by atomic mass is 9.70. The van der Waals surface area contributed by atoms with Crippen molar-refractivity contribution in [2.75, 3.05) is 9.80 Å². The van der Waals surface area contributed by atoms with Crippen LogP contribution in [0.5, 0.6) is 0 Å². The SMILES string of the molecule is [2H]c1c([2H])c([2H])c(-c2ccccc2N(c2ccc3c(c2)C(C)(C)c2ccccc2-3)c2ccc3c(c2)C2(c4ccccc4-c4ccc(N(c5ccccc5)c5ccc6c(c5)C(C)(C)c5ccccc5-6)cc42)c2ccccc2-3)c([2H])c1[2H]. The van der Waals surface area contributed by atoms with E-state index in [2.05, 4.69) is 238 Å². The first-order valence-corrected chi connectivity index (χ1v) is 26.1. The second-order valence-corrected chi connectivity index (χ2v) is 21.6. The molecule has 2 heteroatoms. The molecule has 0 fully saturated rings. The normalized spacial score (nSPS) is 16.9. The van der Waals surface area contributed by atoms with Crippen LogP contribution < -0.4 is 9.80 Å². The molecule has 4 aliphatic rings. The molecule has 11 aromatic carbocycles. The number of nitrogens with zero attached hydrogens (tertiary/aromatic N) is 2. The Morgan fingerprint density at radius 1 is 0.280 bits per heavy atom. The molecular formula is C73H54N2. The molecule has 0 amide bonds. The largest absolute Gasteiger partial charge is 0.310 e. The zero-order chi connectivity index (χ0) is 54.6. The molecule has 1 atom stereocenters. The van der Waals surface area contributed by atoms with Gasteiger partial charge in [0, 0.05) is 44.8 Å². The summed E-state index contributed by atoms with van der Waals surface area (Å²) in [6, 6.07) is 79.7. The number of fused-ring (bicyclic) bond motifs is 16. The van der Waals surface area contributed by atoms with E-state index in [4.69, 9.17) is 4.11 Å². The maximum atomic E-state index is 9.31. The van der Waals surface area contributed by atoms with Crippen molar-refractivity contribution in [2.24, 2.45) is 0 Å². The number of rotatable bonds is 7. The zero-order valence-electron chi connectivity index (χ0n) is 47.3. The monoisotopic (exact) mass is 963 g/mol. The van der Waals surface area contributed by atoms with Crippen molar-refractivity contribution < 1.29 is 6.85 Å². The molecule has 0 N–H and O–H groups in total. The van der Waals surface area contributed by atoms with Crippen LogP contribution in [0.25, 0.3) is 55.6 Å². The van der Waals surface area contributed by atoms with Crippen LogP contribution in [0.3, 0.4) is 0 Å². The average Bonchev–Trinajstić information content (AvgIpc) is 4.00. The van der Waals surface area contributed by atoms with Crippen LogP contribution in [0.1, 0.15) is 79.1 Å². The van der Waals surface area contributed by atoms with E-state index in [9.17, 15) is 2.74 Å². The summed E-state index contributed by atoms with van der Waals surface area (Å²) in [7, 11) is 0. The third-order valence-electron chi connectivity index (χ3n) is 17.2. The predicted octanol–water partition coefficient (Wildman–Crippen LogP) is 19.2. The summed E-state index contributed by atoms with van der Waals surface area (Å²) in [5, 5.41) is 0. The number of anilines is 6. The van der Waals surface area contributed by atoms with Crippen LogP contribution in [0.4, 0.5) is 34.1 Å². The first-order chi connectivity index (χ1) is 38.8. The van der Waals surface area contributed by atoms with Crippen molar-refractivity contribution in [3.05, 3.63) is 299 Å². The third kappa shape index (κ3) is 6.08. The molecule has 0 radical (unpaired) electrons. The van der Waals surface area contributed by atoms with Gasteiger partial charge in [-0.1, -0.05) is 216 Å². The Balaban J connectivity index is 0.977. The molecule has 356 valence electrons. The van der Waals surface area contributed by atoms with Gasteiger partial charge in [-0.25, -0.2) is 0 Å². The van der Waals surface area contributed by atoms with Crippen molar-refractivity contribution in [1.82, 2.24) is 0 Å². The highest BCUT2D eigenvalue weighted by atomic mass is 15.2. The minimum Gasteiger partial charge on any atom is -0.310 e. The molecule has 15 rings (SSSR count). The summed E-state index contributed by atoms with van der Waals surface area (Å²) in [4.78, 5) is 4.66. The minimum atomic E-state index is -0.756. The standard InChI is InChI=1S/C73H54N2/c1-71(2)62-30-16-11-26-54(62)58-39-35-49(43-66(58)71)74(48-23-9-6-10-24-48)50-36-41-60-56-28-13-18-32-64(56)73(68(60)45-50)65-33-19-14-29-57(65)61-42-38-52(46-69(61)73)75(70-34-20-15-25-53(70)47-21-7-5-8-22-47)51-37-40-59-55-27-12-17-31-63(55)72(3,4)67(59)44-51/h5-46H,1-4H3/i5D,7D,8D,21D,22D. The molecule has 0 aromatic heterocycles. The van der Waals surface area contributed by atoms with Gasteiger partial charge >= 0.3 is 0 Å². The van der Waals surface area contributed by atoms with Crippen LogP contribution in [-0.4, -0.2) is 0 Å². The van der Waals surface area contributed by atoms with Gasteiger partial charge in [-0.05, 0) is 161 Å².